The second-order valence-corrected chi connectivity index (χ2v) is 9.63. The number of hydrogen-bond donors (Lipinski definition) is 3. The highest BCUT2D eigenvalue weighted by atomic mass is 35.5. The Morgan fingerprint density at radius 1 is 1.00 bits per heavy atom. The van der Waals surface area contributed by atoms with Crippen LogP contribution in [0.15, 0.2) is 85.7 Å². The number of rotatable bonds is 8. The summed E-state index contributed by atoms with van der Waals surface area (Å²) < 4.78 is 0. The number of nitrogens with zero attached hydrogens (tertiary/aromatic N) is 4. The molecule has 5 rings (SSSR count). The molecule has 4 aromatic rings. The lowest BCUT2D eigenvalue weighted by Crippen LogP contribution is -2.43. The molecule has 1 aliphatic rings. The van der Waals surface area contributed by atoms with E-state index in [1.165, 1.54) is 6.08 Å². The minimum Gasteiger partial charge on any atom is -0.354 e. The number of anilines is 3. The maximum Gasteiger partial charge on any atom is 0.255 e. The monoisotopic (exact) mass is 553 g/mol. The Kier molecular flexibility index (Phi) is 8.44. The molecule has 0 saturated carbocycles. The fourth-order valence-electron chi connectivity index (χ4n) is 4.37. The first-order chi connectivity index (χ1) is 19.5. The topological polar surface area (TPSA) is 112 Å². The van der Waals surface area contributed by atoms with Gasteiger partial charge >= 0.3 is 0 Å². The van der Waals surface area contributed by atoms with Gasteiger partial charge in [-0.15, -0.1) is 0 Å². The number of benzene rings is 2. The third-order valence-corrected chi connectivity index (χ3v) is 6.68. The summed E-state index contributed by atoms with van der Waals surface area (Å²) in [4.78, 5) is 40.2. The molecule has 40 heavy (non-hydrogen) atoms. The lowest BCUT2D eigenvalue weighted by Gasteiger charge is -2.28. The molecule has 2 aromatic heterocycles. The van der Waals surface area contributed by atoms with Crippen molar-refractivity contribution in [1.82, 2.24) is 20.3 Å². The minimum atomic E-state index is -0.313. The molecule has 3 N–H and O–H groups in total. The van der Waals surface area contributed by atoms with E-state index in [-0.39, 0.29) is 11.8 Å². The van der Waals surface area contributed by atoms with Crippen molar-refractivity contribution >= 4 is 40.6 Å². The summed E-state index contributed by atoms with van der Waals surface area (Å²) in [6, 6.07) is 18.1. The van der Waals surface area contributed by atoms with Gasteiger partial charge in [0.15, 0.2) is 0 Å². The fourth-order valence-corrected chi connectivity index (χ4v) is 4.57. The van der Waals surface area contributed by atoms with Crippen molar-refractivity contribution in [2.75, 3.05) is 41.7 Å². The van der Waals surface area contributed by atoms with Crippen molar-refractivity contribution in [3.8, 4) is 11.3 Å². The molecule has 10 heteroatoms. The lowest BCUT2D eigenvalue weighted by atomic mass is 10.1. The normalized spacial score (nSPS) is 13.0. The van der Waals surface area contributed by atoms with E-state index in [0.717, 1.165) is 43.1 Å². The molecular formula is C30H28ClN7O2. The maximum atomic E-state index is 12.8. The quantitative estimate of drug-likeness (QED) is 0.274. The lowest BCUT2D eigenvalue weighted by molar-refractivity contribution is -0.111. The van der Waals surface area contributed by atoms with Crippen molar-refractivity contribution in [2.45, 2.75) is 6.42 Å². The number of pyridine rings is 1. The zero-order valence-corrected chi connectivity index (χ0v) is 22.5. The number of nitrogens with one attached hydrogen (secondary N) is 3. The van der Waals surface area contributed by atoms with Gasteiger partial charge in [0, 0.05) is 67.5 Å². The van der Waals surface area contributed by atoms with Crippen LogP contribution in [0.3, 0.4) is 0 Å². The molecule has 1 fully saturated rings. The van der Waals surface area contributed by atoms with E-state index in [2.05, 4.69) is 37.4 Å². The van der Waals surface area contributed by atoms with Crippen LogP contribution in [0, 0.1) is 0 Å². The zero-order chi connectivity index (χ0) is 27.9. The van der Waals surface area contributed by atoms with Gasteiger partial charge in [-0.05, 0) is 60.2 Å². The van der Waals surface area contributed by atoms with E-state index in [9.17, 15) is 9.59 Å². The predicted molar refractivity (Wildman–Crippen MR) is 158 cm³/mol. The average molecular weight is 554 g/mol. The van der Waals surface area contributed by atoms with Crippen LogP contribution in [-0.4, -0.2) is 52.9 Å². The Bertz CT molecular complexity index is 1540. The maximum absolute atomic E-state index is 12.8. The first kappa shape index (κ1) is 27.0. The van der Waals surface area contributed by atoms with Crippen molar-refractivity contribution in [1.29, 1.82) is 0 Å². The molecule has 0 radical (unpaired) electrons. The standard InChI is InChI=1S/C30H28ClN7O2/c1-2-28(39)35-23-8-6-21(7-9-23)30(40)36-24-5-3-4-20(16-24)17-26-34-19-25(31)29(37-26)22-10-11-33-27(18-22)38-14-12-32-13-15-38/h2-11,16,18-19,32H,1,12-15,17H2,(H,35,39)(H,36,40). The van der Waals surface area contributed by atoms with Gasteiger partial charge in [-0.2, -0.15) is 0 Å². The van der Waals surface area contributed by atoms with Gasteiger partial charge in [0.1, 0.15) is 11.6 Å². The largest absolute Gasteiger partial charge is 0.354 e. The van der Waals surface area contributed by atoms with Crippen LogP contribution in [0.5, 0.6) is 0 Å². The average Bonchev–Trinajstić information content (AvgIpc) is 2.99. The van der Waals surface area contributed by atoms with Gasteiger partial charge in [0.25, 0.3) is 5.91 Å². The molecule has 3 heterocycles. The molecule has 0 atom stereocenters. The molecular weight excluding hydrogens is 526 g/mol. The summed E-state index contributed by atoms with van der Waals surface area (Å²) >= 11 is 6.51. The van der Waals surface area contributed by atoms with Crippen molar-refractivity contribution in [3.05, 3.63) is 108 Å². The summed E-state index contributed by atoms with van der Waals surface area (Å²) in [6.45, 7) is 7.06. The van der Waals surface area contributed by atoms with Crippen LogP contribution < -0.4 is 20.9 Å². The van der Waals surface area contributed by atoms with Crippen LogP contribution in [0.25, 0.3) is 11.3 Å². The first-order valence-electron chi connectivity index (χ1n) is 12.9. The number of carbonyl (C=O) groups excluding carboxylic acids is 2. The van der Waals surface area contributed by atoms with E-state index in [1.807, 2.05) is 36.4 Å². The first-order valence-corrected chi connectivity index (χ1v) is 13.2. The molecule has 0 bridgehead atoms. The summed E-state index contributed by atoms with van der Waals surface area (Å²) in [7, 11) is 0. The van der Waals surface area contributed by atoms with Crippen molar-refractivity contribution in [3.63, 3.8) is 0 Å². The molecule has 1 saturated heterocycles. The van der Waals surface area contributed by atoms with Crippen LogP contribution in [0.1, 0.15) is 21.7 Å². The number of halogens is 1. The van der Waals surface area contributed by atoms with Crippen LogP contribution in [0.4, 0.5) is 17.2 Å². The Hall–Kier alpha value is -4.60. The van der Waals surface area contributed by atoms with E-state index in [0.29, 0.717) is 39.9 Å². The number of piperazine rings is 1. The highest BCUT2D eigenvalue weighted by molar-refractivity contribution is 6.32. The molecule has 9 nitrogen and oxygen atoms in total. The van der Waals surface area contributed by atoms with E-state index >= 15 is 0 Å². The minimum absolute atomic E-state index is 0.262. The fraction of sp³-hybridized carbons (Fsp3) is 0.167. The Morgan fingerprint density at radius 3 is 2.58 bits per heavy atom. The number of amides is 2. The number of carbonyl (C=O) groups is 2. The molecule has 202 valence electrons. The SMILES string of the molecule is C=CC(=O)Nc1ccc(C(=O)Nc2cccc(Cc3ncc(Cl)c(-c4ccnc(N5CCNCC5)c4)n3)c2)cc1. The third kappa shape index (κ3) is 6.69. The van der Waals surface area contributed by atoms with E-state index in [1.54, 1.807) is 36.7 Å². The second kappa shape index (κ2) is 12.5. The van der Waals surface area contributed by atoms with E-state index < -0.39 is 0 Å². The van der Waals surface area contributed by atoms with Crippen molar-refractivity contribution in [2.24, 2.45) is 0 Å². The predicted octanol–water partition coefficient (Wildman–Crippen LogP) is 4.57. The van der Waals surface area contributed by atoms with Crippen LogP contribution >= 0.6 is 11.6 Å². The highest BCUT2D eigenvalue weighted by Gasteiger charge is 2.15. The summed E-state index contributed by atoms with van der Waals surface area (Å²) in [5.74, 6) is 0.934. The van der Waals surface area contributed by atoms with Gasteiger partial charge in [0.2, 0.25) is 5.91 Å². The number of hydrogen-bond acceptors (Lipinski definition) is 7. The molecule has 0 aliphatic carbocycles. The van der Waals surface area contributed by atoms with Gasteiger partial charge in [-0.1, -0.05) is 30.3 Å². The van der Waals surface area contributed by atoms with Crippen molar-refractivity contribution < 1.29 is 9.59 Å². The molecule has 2 amide bonds. The van der Waals surface area contributed by atoms with E-state index in [4.69, 9.17) is 16.6 Å². The summed E-state index contributed by atoms with van der Waals surface area (Å²) in [6.07, 6.45) is 5.05. The Morgan fingerprint density at radius 2 is 1.80 bits per heavy atom. The highest BCUT2D eigenvalue weighted by Crippen LogP contribution is 2.28. The summed E-state index contributed by atoms with van der Waals surface area (Å²) in [5.41, 5.74) is 4.17. The smallest absolute Gasteiger partial charge is 0.255 e. The third-order valence-electron chi connectivity index (χ3n) is 6.40. The van der Waals surface area contributed by atoms with Gasteiger partial charge in [-0.25, -0.2) is 15.0 Å². The molecule has 1 aliphatic heterocycles. The zero-order valence-electron chi connectivity index (χ0n) is 21.7. The van der Waals surface area contributed by atoms with Gasteiger partial charge < -0.3 is 20.9 Å². The van der Waals surface area contributed by atoms with Gasteiger partial charge in [0.05, 0.1) is 10.7 Å². The molecule has 0 unspecified atom stereocenters. The second-order valence-electron chi connectivity index (χ2n) is 9.22. The van der Waals surface area contributed by atoms with Crippen LogP contribution in [0.2, 0.25) is 5.02 Å². The Labute approximate surface area is 237 Å². The molecule has 0 spiro atoms. The Balaban J connectivity index is 1.28. The van der Waals surface area contributed by atoms with Gasteiger partial charge in [-0.3, -0.25) is 9.59 Å². The van der Waals surface area contributed by atoms with Crippen LogP contribution in [-0.2, 0) is 11.2 Å². The number of aromatic nitrogens is 3. The molecule has 2 aromatic carbocycles. The summed E-state index contributed by atoms with van der Waals surface area (Å²) in [5, 5.41) is 9.40.